The van der Waals surface area contributed by atoms with Crippen molar-refractivity contribution in [1.82, 2.24) is 4.57 Å². The highest BCUT2D eigenvalue weighted by molar-refractivity contribution is 8.00. The topological polar surface area (TPSA) is 25.2 Å². The monoisotopic (exact) mass is 295 g/mol. The number of fused-ring (bicyclic) bond motifs is 2. The van der Waals surface area contributed by atoms with E-state index in [1.54, 1.807) is 0 Å². The molecule has 1 unspecified atom stereocenters. The van der Waals surface area contributed by atoms with E-state index in [-0.39, 0.29) is 6.61 Å². The molecule has 0 fully saturated rings. The second-order valence-electron chi connectivity index (χ2n) is 5.57. The molecule has 1 aliphatic rings. The average Bonchev–Trinajstić information content (AvgIpc) is 3.10. The normalized spacial score (nSPS) is 17.3. The molecule has 1 atom stereocenters. The van der Waals surface area contributed by atoms with Gasteiger partial charge in [0.15, 0.2) is 0 Å². The third-order valence-corrected chi connectivity index (χ3v) is 5.44. The molecule has 4 rings (SSSR count). The summed E-state index contributed by atoms with van der Waals surface area (Å²) in [6, 6.07) is 17.0. The zero-order chi connectivity index (χ0) is 14.2. The van der Waals surface area contributed by atoms with E-state index in [0.29, 0.717) is 5.25 Å². The van der Waals surface area contributed by atoms with Crippen LogP contribution in [0, 0.1) is 0 Å². The summed E-state index contributed by atoms with van der Waals surface area (Å²) in [5.74, 6) is 0. The Kier molecular flexibility index (Phi) is 3.24. The molecule has 0 amide bonds. The average molecular weight is 295 g/mol. The number of hydrogen-bond donors (Lipinski definition) is 1. The van der Waals surface area contributed by atoms with Gasteiger partial charge >= 0.3 is 0 Å². The van der Waals surface area contributed by atoms with Gasteiger partial charge in [-0.05, 0) is 41.1 Å². The molecule has 0 saturated heterocycles. The summed E-state index contributed by atoms with van der Waals surface area (Å²) in [5.41, 5.74) is 3.67. The van der Waals surface area contributed by atoms with E-state index in [2.05, 4.69) is 53.2 Å². The lowest BCUT2D eigenvalue weighted by molar-refractivity contribution is 0.282. The van der Waals surface area contributed by atoms with Gasteiger partial charge in [-0.3, -0.25) is 0 Å². The van der Waals surface area contributed by atoms with E-state index in [0.717, 1.165) is 18.5 Å². The predicted molar refractivity (Wildman–Crippen MR) is 87.7 cm³/mol. The van der Waals surface area contributed by atoms with Gasteiger partial charge in [0.2, 0.25) is 0 Å². The summed E-state index contributed by atoms with van der Waals surface area (Å²) < 4.78 is 2.32. The zero-order valence-electron chi connectivity index (χ0n) is 11.7. The minimum Gasteiger partial charge on any atom is -0.392 e. The van der Waals surface area contributed by atoms with E-state index in [9.17, 15) is 5.11 Å². The first-order chi connectivity index (χ1) is 10.3. The molecule has 0 bridgehead atoms. The van der Waals surface area contributed by atoms with E-state index < -0.39 is 0 Å². The van der Waals surface area contributed by atoms with Crippen LogP contribution in [0.15, 0.2) is 59.6 Å². The first-order valence-corrected chi connectivity index (χ1v) is 8.14. The van der Waals surface area contributed by atoms with Crippen LogP contribution in [0.25, 0.3) is 10.9 Å². The van der Waals surface area contributed by atoms with Gasteiger partial charge in [0.1, 0.15) is 0 Å². The van der Waals surface area contributed by atoms with Crippen LogP contribution in [0.4, 0.5) is 0 Å². The maximum Gasteiger partial charge on any atom is 0.0682 e. The molecule has 2 heterocycles. The van der Waals surface area contributed by atoms with Gasteiger partial charge in [0, 0.05) is 28.4 Å². The first-order valence-electron chi connectivity index (χ1n) is 7.27. The molecule has 0 saturated carbocycles. The lowest BCUT2D eigenvalue weighted by Crippen LogP contribution is -2.11. The minimum absolute atomic E-state index is 0.102. The second kappa shape index (κ2) is 5.24. The third kappa shape index (κ3) is 2.37. The van der Waals surface area contributed by atoms with Crippen LogP contribution in [0.2, 0.25) is 0 Å². The van der Waals surface area contributed by atoms with E-state index in [1.165, 1.54) is 21.4 Å². The van der Waals surface area contributed by atoms with Gasteiger partial charge in [-0.25, -0.2) is 0 Å². The lowest BCUT2D eigenvalue weighted by atomic mass is 10.1. The van der Waals surface area contributed by atoms with Gasteiger partial charge in [0.25, 0.3) is 0 Å². The smallest absolute Gasteiger partial charge is 0.0682 e. The van der Waals surface area contributed by atoms with Crippen molar-refractivity contribution < 1.29 is 5.11 Å². The van der Waals surface area contributed by atoms with E-state index >= 15 is 0 Å². The molecule has 2 nitrogen and oxygen atoms in total. The number of aliphatic hydroxyl groups is 1. The Morgan fingerprint density at radius 1 is 1.14 bits per heavy atom. The van der Waals surface area contributed by atoms with Crippen molar-refractivity contribution in [2.24, 2.45) is 0 Å². The number of benzene rings is 2. The van der Waals surface area contributed by atoms with Gasteiger partial charge < -0.3 is 9.67 Å². The summed E-state index contributed by atoms with van der Waals surface area (Å²) in [6.07, 6.45) is 3.30. The molecule has 106 valence electrons. The molecule has 1 N–H and O–H groups in total. The van der Waals surface area contributed by atoms with Gasteiger partial charge in [0.05, 0.1) is 6.61 Å². The number of thioether (sulfide) groups is 1. The number of hydrogen-bond acceptors (Lipinski definition) is 2. The molecule has 21 heavy (non-hydrogen) atoms. The number of aliphatic hydroxyl groups excluding tert-OH is 1. The summed E-state index contributed by atoms with van der Waals surface area (Å²) in [5, 5.41) is 11.2. The van der Waals surface area contributed by atoms with Crippen LogP contribution in [-0.2, 0) is 19.6 Å². The Morgan fingerprint density at radius 3 is 2.90 bits per heavy atom. The minimum atomic E-state index is 0.102. The Hall–Kier alpha value is -1.71. The van der Waals surface area contributed by atoms with Gasteiger partial charge in [-0.1, -0.05) is 30.3 Å². The molecule has 0 aliphatic carbocycles. The number of nitrogens with zero attached hydrogens (tertiary/aromatic N) is 1. The molecular formula is C18H17NOS. The highest BCUT2D eigenvalue weighted by atomic mass is 32.2. The number of rotatable bonds is 3. The first kappa shape index (κ1) is 13.0. The second-order valence-corrected chi connectivity index (χ2v) is 6.91. The Balaban J connectivity index is 1.61. The van der Waals surface area contributed by atoms with Crippen LogP contribution < -0.4 is 0 Å². The fourth-order valence-corrected chi connectivity index (χ4v) is 4.38. The van der Waals surface area contributed by atoms with E-state index in [1.807, 2.05) is 17.8 Å². The van der Waals surface area contributed by atoms with Crippen molar-refractivity contribution in [2.45, 2.75) is 29.7 Å². The summed E-state index contributed by atoms with van der Waals surface area (Å²) in [6.45, 7) is 1.11. The van der Waals surface area contributed by atoms with Crippen molar-refractivity contribution in [3.8, 4) is 0 Å². The lowest BCUT2D eigenvalue weighted by Gasteiger charge is -2.11. The Morgan fingerprint density at radius 2 is 2.05 bits per heavy atom. The third-order valence-electron chi connectivity index (χ3n) is 4.14. The predicted octanol–water partition coefficient (Wildman–Crippen LogP) is 3.85. The molecule has 2 aromatic carbocycles. The van der Waals surface area contributed by atoms with Crippen molar-refractivity contribution >= 4 is 22.7 Å². The highest BCUT2D eigenvalue weighted by Gasteiger charge is 2.22. The fourth-order valence-electron chi connectivity index (χ4n) is 3.06. The summed E-state index contributed by atoms with van der Waals surface area (Å²) >= 11 is 1.98. The molecule has 0 radical (unpaired) electrons. The van der Waals surface area contributed by atoms with Crippen LogP contribution in [0.3, 0.4) is 0 Å². The summed E-state index contributed by atoms with van der Waals surface area (Å²) in [4.78, 5) is 1.43. The molecule has 1 aromatic heterocycles. The quantitative estimate of drug-likeness (QED) is 0.794. The molecule has 1 aliphatic heterocycles. The van der Waals surface area contributed by atoms with Crippen molar-refractivity contribution in [1.29, 1.82) is 0 Å². The van der Waals surface area contributed by atoms with Crippen molar-refractivity contribution in [2.75, 3.05) is 0 Å². The van der Waals surface area contributed by atoms with Gasteiger partial charge in [-0.2, -0.15) is 0 Å². The fraction of sp³-hybridized carbons (Fsp3) is 0.222. The van der Waals surface area contributed by atoms with Crippen molar-refractivity contribution in [3.63, 3.8) is 0 Å². The molecule has 3 heteroatoms. The highest BCUT2D eigenvalue weighted by Crippen LogP contribution is 2.37. The molecule has 0 spiro atoms. The summed E-state index contributed by atoms with van der Waals surface area (Å²) in [7, 11) is 0. The Bertz CT molecular complexity index is 768. The number of aromatic nitrogens is 1. The zero-order valence-corrected chi connectivity index (χ0v) is 12.5. The SMILES string of the molecule is OCc1ccc2ccn(CC3Cc4ccccc4S3)c2c1. The van der Waals surface area contributed by atoms with Crippen LogP contribution in [0.5, 0.6) is 0 Å². The van der Waals surface area contributed by atoms with Crippen LogP contribution in [-0.4, -0.2) is 14.9 Å². The van der Waals surface area contributed by atoms with Crippen molar-refractivity contribution in [3.05, 3.63) is 65.9 Å². The molecule has 3 aromatic rings. The Labute approximate surface area is 128 Å². The molecular weight excluding hydrogens is 278 g/mol. The maximum atomic E-state index is 9.31. The maximum absolute atomic E-state index is 9.31. The van der Waals surface area contributed by atoms with Crippen LogP contribution >= 0.6 is 11.8 Å². The van der Waals surface area contributed by atoms with E-state index in [4.69, 9.17) is 0 Å². The standard InChI is InChI=1S/C18H17NOS/c20-12-13-5-6-14-7-8-19(17(14)9-13)11-16-10-15-3-1-2-4-18(15)21-16/h1-9,16,20H,10-12H2. The van der Waals surface area contributed by atoms with Crippen LogP contribution in [0.1, 0.15) is 11.1 Å². The van der Waals surface area contributed by atoms with Gasteiger partial charge in [-0.15, -0.1) is 11.8 Å². The largest absolute Gasteiger partial charge is 0.392 e.